The Hall–Kier alpha value is -2.29. The third-order valence-electron chi connectivity index (χ3n) is 3.13. The number of rotatable bonds is 7. The molecule has 0 radical (unpaired) electrons. The highest BCUT2D eigenvalue weighted by atomic mass is 32.2. The molecule has 1 amide bonds. The largest absolute Gasteiger partial charge is 0.380 e. The Morgan fingerprint density at radius 2 is 1.96 bits per heavy atom. The van der Waals surface area contributed by atoms with Gasteiger partial charge in [0.2, 0.25) is 0 Å². The van der Waals surface area contributed by atoms with Gasteiger partial charge in [-0.3, -0.25) is 4.79 Å². The molecule has 118 valence electrons. The minimum absolute atomic E-state index is 0.151. The Labute approximate surface area is 140 Å². The van der Waals surface area contributed by atoms with Crippen LogP contribution < -0.4 is 5.32 Å². The SMILES string of the molecule is COCc1ccc(C(=O)Nc2ccccc2SCCC#N)cc1. The van der Waals surface area contributed by atoms with Crippen molar-refractivity contribution < 1.29 is 9.53 Å². The lowest BCUT2D eigenvalue weighted by Gasteiger charge is -2.10. The highest BCUT2D eigenvalue weighted by Crippen LogP contribution is 2.27. The fourth-order valence-electron chi connectivity index (χ4n) is 2.02. The van der Waals surface area contributed by atoms with Crippen LogP contribution in [0.5, 0.6) is 0 Å². The van der Waals surface area contributed by atoms with Crippen molar-refractivity contribution >= 4 is 23.4 Å². The molecule has 0 saturated carbocycles. The zero-order valence-corrected chi connectivity index (χ0v) is 13.7. The second-order valence-corrected chi connectivity index (χ2v) is 5.97. The fourth-order valence-corrected chi connectivity index (χ4v) is 2.88. The lowest BCUT2D eigenvalue weighted by molar-refractivity contribution is 0.102. The lowest BCUT2D eigenvalue weighted by Crippen LogP contribution is -2.12. The van der Waals surface area contributed by atoms with Crippen LogP contribution >= 0.6 is 11.8 Å². The molecule has 23 heavy (non-hydrogen) atoms. The molecule has 0 bridgehead atoms. The van der Waals surface area contributed by atoms with E-state index in [0.717, 1.165) is 16.1 Å². The van der Waals surface area contributed by atoms with Crippen LogP contribution in [0.15, 0.2) is 53.4 Å². The van der Waals surface area contributed by atoms with Crippen molar-refractivity contribution in [1.82, 2.24) is 0 Å². The van der Waals surface area contributed by atoms with E-state index >= 15 is 0 Å². The zero-order chi connectivity index (χ0) is 16.5. The molecule has 5 heteroatoms. The quantitative estimate of drug-likeness (QED) is 0.615. The van der Waals surface area contributed by atoms with Crippen LogP contribution in [-0.4, -0.2) is 18.8 Å². The van der Waals surface area contributed by atoms with Crippen molar-refractivity contribution in [3.63, 3.8) is 0 Å². The van der Waals surface area contributed by atoms with Crippen molar-refractivity contribution in [3.05, 3.63) is 59.7 Å². The normalized spacial score (nSPS) is 10.1. The van der Waals surface area contributed by atoms with Gasteiger partial charge < -0.3 is 10.1 Å². The average Bonchev–Trinajstić information content (AvgIpc) is 2.57. The third kappa shape index (κ3) is 5.13. The molecule has 2 aromatic carbocycles. The third-order valence-corrected chi connectivity index (χ3v) is 4.21. The van der Waals surface area contributed by atoms with E-state index in [2.05, 4.69) is 11.4 Å². The summed E-state index contributed by atoms with van der Waals surface area (Å²) in [6, 6.07) is 17.1. The summed E-state index contributed by atoms with van der Waals surface area (Å²) in [5.41, 5.74) is 2.39. The average molecular weight is 326 g/mol. The Kier molecular flexibility index (Phi) is 6.67. The number of hydrogen-bond donors (Lipinski definition) is 1. The van der Waals surface area contributed by atoms with E-state index in [0.29, 0.717) is 24.3 Å². The number of anilines is 1. The Bertz CT molecular complexity index is 693. The van der Waals surface area contributed by atoms with Crippen LogP contribution in [0.1, 0.15) is 22.3 Å². The molecule has 0 aliphatic carbocycles. The van der Waals surface area contributed by atoms with Gasteiger partial charge in [0.1, 0.15) is 0 Å². The minimum atomic E-state index is -0.151. The van der Waals surface area contributed by atoms with Gasteiger partial charge in [0.15, 0.2) is 0 Å². The van der Waals surface area contributed by atoms with Gasteiger partial charge in [0.25, 0.3) is 5.91 Å². The number of nitrogens with one attached hydrogen (secondary N) is 1. The van der Waals surface area contributed by atoms with Gasteiger partial charge in [-0.05, 0) is 29.8 Å². The molecule has 0 aliphatic rings. The predicted octanol–water partition coefficient (Wildman–Crippen LogP) is 4.09. The maximum atomic E-state index is 12.4. The summed E-state index contributed by atoms with van der Waals surface area (Å²) >= 11 is 1.56. The number of methoxy groups -OCH3 is 1. The van der Waals surface area contributed by atoms with Crippen LogP contribution in [0.4, 0.5) is 5.69 Å². The van der Waals surface area contributed by atoms with Gasteiger partial charge in [-0.15, -0.1) is 11.8 Å². The molecule has 0 spiro atoms. The summed E-state index contributed by atoms with van der Waals surface area (Å²) in [6.45, 7) is 0.528. The van der Waals surface area contributed by atoms with Crippen LogP contribution in [0.3, 0.4) is 0 Å². The van der Waals surface area contributed by atoms with E-state index in [9.17, 15) is 4.79 Å². The smallest absolute Gasteiger partial charge is 0.255 e. The number of carbonyl (C=O) groups excluding carboxylic acids is 1. The first-order chi connectivity index (χ1) is 11.2. The molecule has 0 atom stereocenters. The van der Waals surface area contributed by atoms with Crippen LogP contribution in [-0.2, 0) is 11.3 Å². The number of carbonyl (C=O) groups is 1. The Morgan fingerprint density at radius 3 is 2.65 bits per heavy atom. The molecule has 0 unspecified atom stereocenters. The van der Waals surface area contributed by atoms with Gasteiger partial charge in [-0.2, -0.15) is 5.26 Å². The van der Waals surface area contributed by atoms with E-state index in [1.807, 2.05) is 36.4 Å². The number of hydrogen-bond acceptors (Lipinski definition) is 4. The van der Waals surface area contributed by atoms with E-state index in [1.165, 1.54) is 0 Å². The fraction of sp³-hybridized carbons (Fsp3) is 0.222. The molecule has 2 aromatic rings. The van der Waals surface area contributed by atoms with Crippen molar-refractivity contribution in [2.75, 3.05) is 18.2 Å². The summed E-state index contributed by atoms with van der Waals surface area (Å²) in [5.74, 6) is 0.553. The van der Waals surface area contributed by atoms with E-state index in [4.69, 9.17) is 10.00 Å². The van der Waals surface area contributed by atoms with Crippen LogP contribution in [0.25, 0.3) is 0 Å². The second-order valence-electron chi connectivity index (χ2n) is 4.84. The number of amides is 1. The summed E-state index contributed by atoms with van der Waals surface area (Å²) in [5, 5.41) is 11.6. The monoisotopic (exact) mass is 326 g/mol. The number of nitrogens with zero attached hydrogens (tertiary/aromatic N) is 1. The molecule has 4 nitrogen and oxygen atoms in total. The number of para-hydroxylation sites is 1. The summed E-state index contributed by atoms with van der Waals surface area (Å²) in [4.78, 5) is 13.3. The van der Waals surface area contributed by atoms with E-state index in [-0.39, 0.29) is 5.91 Å². The molecular formula is C18H18N2O2S. The van der Waals surface area contributed by atoms with Crippen molar-refractivity contribution in [2.24, 2.45) is 0 Å². The highest BCUT2D eigenvalue weighted by Gasteiger charge is 2.09. The number of thioether (sulfide) groups is 1. The number of nitriles is 1. The molecule has 0 fully saturated rings. The van der Waals surface area contributed by atoms with Gasteiger partial charge >= 0.3 is 0 Å². The standard InChI is InChI=1S/C18H18N2O2S/c1-22-13-14-7-9-15(10-8-14)18(21)20-16-5-2-3-6-17(16)23-12-4-11-19/h2-3,5-10H,4,12-13H2,1H3,(H,20,21). The van der Waals surface area contributed by atoms with Crippen LogP contribution in [0.2, 0.25) is 0 Å². The summed E-state index contributed by atoms with van der Waals surface area (Å²) in [7, 11) is 1.64. The molecule has 0 aromatic heterocycles. The zero-order valence-electron chi connectivity index (χ0n) is 12.9. The number of benzene rings is 2. The molecular weight excluding hydrogens is 308 g/mol. The number of ether oxygens (including phenoxy) is 1. The van der Waals surface area contributed by atoms with Crippen LogP contribution in [0, 0.1) is 11.3 Å². The maximum Gasteiger partial charge on any atom is 0.255 e. The van der Waals surface area contributed by atoms with Crippen molar-refractivity contribution in [1.29, 1.82) is 5.26 Å². The Balaban J connectivity index is 2.06. The summed E-state index contributed by atoms with van der Waals surface area (Å²) < 4.78 is 5.06. The minimum Gasteiger partial charge on any atom is -0.380 e. The van der Waals surface area contributed by atoms with Gasteiger partial charge in [-0.1, -0.05) is 24.3 Å². The first-order valence-corrected chi connectivity index (χ1v) is 8.21. The van der Waals surface area contributed by atoms with Gasteiger partial charge in [-0.25, -0.2) is 0 Å². The summed E-state index contributed by atoms with van der Waals surface area (Å²) in [6.07, 6.45) is 0.480. The maximum absolute atomic E-state index is 12.4. The Morgan fingerprint density at radius 1 is 1.22 bits per heavy atom. The topological polar surface area (TPSA) is 62.1 Å². The molecule has 2 rings (SSSR count). The molecule has 1 N–H and O–H groups in total. The van der Waals surface area contributed by atoms with Gasteiger partial charge in [0.05, 0.1) is 18.4 Å². The first kappa shape index (κ1) is 17.1. The predicted molar refractivity (Wildman–Crippen MR) is 92.5 cm³/mol. The van der Waals surface area contributed by atoms with Gasteiger partial charge in [0, 0.05) is 29.7 Å². The first-order valence-electron chi connectivity index (χ1n) is 7.22. The van der Waals surface area contributed by atoms with Crippen molar-refractivity contribution in [2.45, 2.75) is 17.9 Å². The second kappa shape index (κ2) is 8.99. The highest BCUT2D eigenvalue weighted by molar-refractivity contribution is 7.99. The molecule has 0 aliphatic heterocycles. The van der Waals surface area contributed by atoms with Crippen molar-refractivity contribution in [3.8, 4) is 6.07 Å². The van der Waals surface area contributed by atoms with E-state index < -0.39 is 0 Å². The lowest BCUT2D eigenvalue weighted by atomic mass is 10.1. The molecule has 0 saturated heterocycles. The van der Waals surface area contributed by atoms with E-state index in [1.54, 1.807) is 31.0 Å². The molecule has 0 heterocycles.